The molecule has 17 heavy (non-hydrogen) atoms. The highest BCUT2D eigenvalue weighted by atomic mass is 79.9. The van der Waals surface area contributed by atoms with Gasteiger partial charge < -0.3 is 0 Å². The summed E-state index contributed by atoms with van der Waals surface area (Å²) in [4.78, 5) is 0.224. The second-order valence-corrected chi connectivity index (χ2v) is 5.98. The van der Waals surface area contributed by atoms with E-state index in [0.717, 1.165) is 4.47 Å². The molecule has 0 saturated carbocycles. The van der Waals surface area contributed by atoms with Crippen molar-refractivity contribution in [1.29, 1.82) is 0 Å². The van der Waals surface area contributed by atoms with Crippen LogP contribution >= 0.6 is 15.9 Å². The summed E-state index contributed by atoms with van der Waals surface area (Å²) in [5.41, 5.74) is 0.572. The predicted octanol–water partition coefficient (Wildman–Crippen LogP) is 1.64. The first-order valence-corrected chi connectivity index (χ1v) is 6.96. The highest BCUT2D eigenvalue weighted by Crippen LogP contribution is 2.26. The van der Waals surface area contributed by atoms with E-state index >= 15 is 0 Å². The van der Waals surface area contributed by atoms with Crippen molar-refractivity contribution in [2.24, 2.45) is 4.40 Å². The van der Waals surface area contributed by atoms with E-state index in [9.17, 15) is 8.42 Å². The standard InChI is InChI=1S/C10H6BrN3O2S/c11-7-5-12-14(6-7)10-8-3-1-2-4-9(8)17(15,16)13-10/h1-6H. The molecule has 1 aromatic heterocycles. The fraction of sp³-hybridized carbons (Fsp3) is 0. The molecule has 3 rings (SSSR count). The van der Waals surface area contributed by atoms with Crippen LogP contribution in [0.15, 0.2) is 50.4 Å². The van der Waals surface area contributed by atoms with Gasteiger partial charge in [-0.1, -0.05) is 12.1 Å². The Hall–Kier alpha value is -1.47. The molecular formula is C10H6BrN3O2S. The summed E-state index contributed by atoms with van der Waals surface area (Å²) >= 11 is 3.26. The molecule has 0 spiro atoms. The number of benzene rings is 1. The van der Waals surface area contributed by atoms with Gasteiger partial charge in [-0.15, -0.1) is 4.40 Å². The molecule has 0 saturated heterocycles. The summed E-state index contributed by atoms with van der Waals surface area (Å²) in [6, 6.07) is 6.70. The van der Waals surface area contributed by atoms with Gasteiger partial charge in [0, 0.05) is 11.8 Å². The molecule has 1 aromatic carbocycles. The Kier molecular flexibility index (Phi) is 2.20. The van der Waals surface area contributed by atoms with E-state index in [1.165, 1.54) is 4.68 Å². The number of rotatable bonds is 0. The summed E-state index contributed by atoms with van der Waals surface area (Å²) < 4.78 is 29.6. The highest BCUT2D eigenvalue weighted by Gasteiger charge is 2.29. The number of halogens is 1. The van der Waals surface area contributed by atoms with Crippen molar-refractivity contribution >= 4 is 31.8 Å². The summed E-state index contributed by atoms with van der Waals surface area (Å²) in [6.07, 6.45) is 3.24. The molecule has 0 N–H and O–H groups in total. The minimum Gasteiger partial charge on any atom is -0.220 e. The minimum absolute atomic E-state index is 0.224. The number of hydrogen-bond donors (Lipinski definition) is 0. The first-order valence-electron chi connectivity index (χ1n) is 4.73. The van der Waals surface area contributed by atoms with Crippen molar-refractivity contribution in [1.82, 2.24) is 9.78 Å². The van der Waals surface area contributed by atoms with E-state index in [0.29, 0.717) is 11.4 Å². The number of aromatic nitrogens is 2. The van der Waals surface area contributed by atoms with Gasteiger partial charge in [-0.05, 0) is 28.1 Å². The second-order valence-electron chi connectivity index (χ2n) is 3.49. The molecule has 1 aliphatic rings. The summed E-state index contributed by atoms with van der Waals surface area (Å²) in [5, 5.41) is 4.04. The molecule has 0 fully saturated rings. The maximum atomic E-state index is 11.8. The molecule has 2 aromatic rings. The quantitative estimate of drug-likeness (QED) is 0.743. The van der Waals surface area contributed by atoms with Crippen LogP contribution in [-0.4, -0.2) is 24.0 Å². The lowest BCUT2D eigenvalue weighted by Crippen LogP contribution is -2.11. The average Bonchev–Trinajstić information content (AvgIpc) is 2.82. The third-order valence-corrected chi connectivity index (χ3v) is 4.12. The normalized spacial score (nSPS) is 16.6. The van der Waals surface area contributed by atoms with Crippen LogP contribution < -0.4 is 0 Å². The van der Waals surface area contributed by atoms with Crippen molar-refractivity contribution in [3.63, 3.8) is 0 Å². The Morgan fingerprint density at radius 1 is 1.24 bits per heavy atom. The number of hydrogen-bond acceptors (Lipinski definition) is 3. The Labute approximate surface area is 106 Å². The smallest absolute Gasteiger partial charge is 0.220 e. The third-order valence-electron chi connectivity index (χ3n) is 2.38. The zero-order valence-electron chi connectivity index (χ0n) is 8.41. The molecule has 7 heteroatoms. The van der Waals surface area contributed by atoms with E-state index in [-0.39, 0.29) is 4.90 Å². The van der Waals surface area contributed by atoms with Crippen molar-refractivity contribution in [2.75, 3.05) is 0 Å². The van der Waals surface area contributed by atoms with Crippen LogP contribution in [0.25, 0.3) is 0 Å². The minimum atomic E-state index is -3.58. The molecule has 0 unspecified atom stereocenters. The molecule has 2 heterocycles. The van der Waals surface area contributed by atoms with Crippen LogP contribution in [0, 0.1) is 0 Å². The monoisotopic (exact) mass is 311 g/mol. The van der Waals surface area contributed by atoms with Crippen LogP contribution in [0.1, 0.15) is 5.56 Å². The van der Waals surface area contributed by atoms with E-state index in [4.69, 9.17) is 0 Å². The van der Waals surface area contributed by atoms with Crippen LogP contribution in [0.3, 0.4) is 0 Å². The van der Waals surface area contributed by atoms with Crippen molar-refractivity contribution < 1.29 is 8.42 Å². The van der Waals surface area contributed by atoms with Crippen molar-refractivity contribution in [3.8, 4) is 0 Å². The Morgan fingerprint density at radius 2 is 2.00 bits per heavy atom. The number of nitrogens with zero attached hydrogens (tertiary/aromatic N) is 3. The van der Waals surface area contributed by atoms with Gasteiger partial charge in [-0.25, -0.2) is 4.68 Å². The van der Waals surface area contributed by atoms with Gasteiger partial charge in [0.15, 0.2) is 5.84 Å². The molecule has 0 amide bonds. The molecule has 0 radical (unpaired) electrons. The largest absolute Gasteiger partial charge is 0.285 e. The molecule has 1 aliphatic heterocycles. The van der Waals surface area contributed by atoms with Crippen molar-refractivity contribution in [2.45, 2.75) is 4.90 Å². The molecule has 0 atom stereocenters. The third kappa shape index (κ3) is 1.62. The maximum absolute atomic E-state index is 11.8. The Bertz CT molecular complexity index is 734. The topological polar surface area (TPSA) is 64.3 Å². The highest BCUT2D eigenvalue weighted by molar-refractivity contribution is 9.10. The van der Waals surface area contributed by atoms with Gasteiger partial charge in [-0.3, -0.25) is 0 Å². The van der Waals surface area contributed by atoms with Crippen LogP contribution in [0.4, 0.5) is 0 Å². The maximum Gasteiger partial charge on any atom is 0.285 e. The van der Waals surface area contributed by atoms with Crippen LogP contribution in [-0.2, 0) is 10.0 Å². The fourth-order valence-corrected chi connectivity index (χ4v) is 3.15. The fourth-order valence-electron chi connectivity index (χ4n) is 1.67. The van der Waals surface area contributed by atoms with Gasteiger partial charge in [0.05, 0.1) is 10.7 Å². The molecule has 0 aliphatic carbocycles. The summed E-state index contributed by atoms with van der Waals surface area (Å²) in [6.45, 7) is 0. The van der Waals surface area contributed by atoms with Crippen LogP contribution in [0.5, 0.6) is 0 Å². The van der Waals surface area contributed by atoms with Gasteiger partial charge in [0.25, 0.3) is 10.0 Å². The SMILES string of the molecule is O=S1(=O)N=C(n2cc(Br)cn2)c2ccccc21. The lowest BCUT2D eigenvalue weighted by Gasteiger charge is -2.00. The Balaban J connectivity index is 2.27. The van der Waals surface area contributed by atoms with Gasteiger partial charge in [0.1, 0.15) is 4.90 Å². The summed E-state index contributed by atoms with van der Waals surface area (Å²) in [7, 11) is -3.58. The van der Waals surface area contributed by atoms with Crippen LogP contribution in [0.2, 0.25) is 0 Å². The van der Waals surface area contributed by atoms with Gasteiger partial charge in [0.2, 0.25) is 0 Å². The van der Waals surface area contributed by atoms with E-state index in [1.54, 1.807) is 36.7 Å². The van der Waals surface area contributed by atoms with Gasteiger partial charge in [-0.2, -0.15) is 13.5 Å². The lowest BCUT2D eigenvalue weighted by atomic mass is 10.2. The second kappa shape index (κ2) is 3.51. The molecule has 86 valence electrons. The van der Waals surface area contributed by atoms with E-state index in [2.05, 4.69) is 25.4 Å². The summed E-state index contributed by atoms with van der Waals surface area (Å²) in [5.74, 6) is 0.325. The zero-order chi connectivity index (χ0) is 12.0. The Morgan fingerprint density at radius 3 is 2.71 bits per heavy atom. The first-order chi connectivity index (χ1) is 8.08. The van der Waals surface area contributed by atoms with Gasteiger partial charge >= 0.3 is 0 Å². The van der Waals surface area contributed by atoms with E-state index < -0.39 is 10.0 Å². The predicted molar refractivity (Wildman–Crippen MR) is 65.5 cm³/mol. The number of fused-ring (bicyclic) bond motifs is 1. The molecule has 5 nitrogen and oxygen atoms in total. The zero-order valence-corrected chi connectivity index (χ0v) is 10.8. The number of sulfonamides is 1. The van der Waals surface area contributed by atoms with E-state index in [1.807, 2.05) is 0 Å². The first kappa shape index (κ1) is 10.7. The molecule has 0 bridgehead atoms. The lowest BCUT2D eigenvalue weighted by molar-refractivity contribution is 0.599. The van der Waals surface area contributed by atoms with Crippen molar-refractivity contribution in [3.05, 3.63) is 46.7 Å². The molecular weight excluding hydrogens is 306 g/mol. The average molecular weight is 312 g/mol.